The first kappa shape index (κ1) is 14.2. The molecule has 0 aliphatic heterocycles. The van der Waals surface area contributed by atoms with Crippen LogP contribution in [0.5, 0.6) is 0 Å². The first-order valence-corrected chi connectivity index (χ1v) is 7.16. The zero-order valence-corrected chi connectivity index (χ0v) is 12.7. The molecule has 0 saturated heterocycles. The smallest absolute Gasteiger partial charge is 0.171 e. The van der Waals surface area contributed by atoms with E-state index in [1.54, 1.807) is 18.3 Å². The summed E-state index contributed by atoms with van der Waals surface area (Å²) in [5.74, 6) is 0.0535. The number of nitrogens with zero attached hydrogens (tertiary/aromatic N) is 2. The van der Waals surface area contributed by atoms with Crippen molar-refractivity contribution >= 4 is 45.1 Å². The van der Waals surface area contributed by atoms with E-state index in [9.17, 15) is 0 Å². The van der Waals surface area contributed by atoms with Crippen molar-refractivity contribution in [1.82, 2.24) is 4.98 Å². The molecule has 0 spiro atoms. The number of hydrogen-bond acceptors (Lipinski definition) is 4. The van der Waals surface area contributed by atoms with E-state index in [1.807, 2.05) is 18.2 Å². The molecule has 0 bridgehead atoms. The number of nitrogens with two attached hydrogens (primary N) is 1. The molecule has 0 fully saturated rings. The summed E-state index contributed by atoms with van der Waals surface area (Å²) in [6.45, 7) is 0. The summed E-state index contributed by atoms with van der Waals surface area (Å²) < 4.78 is 0.850. The standard InChI is InChI=1S/C12H9BrClN3OS/c13-7-1-3-10(9(5-7)12(15)17-18)19-11-4-2-8(14)6-16-11/h1-6,18H,(H2,15,17). The molecule has 1 aromatic carbocycles. The maximum atomic E-state index is 8.81. The molecule has 0 saturated carbocycles. The molecule has 0 unspecified atom stereocenters. The molecule has 4 nitrogen and oxygen atoms in total. The van der Waals surface area contributed by atoms with Gasteiger partial charge >= 0.3 is 0 Å². The van der Waals surface area contributed by atoms with Crippen molar-refractivity contribution in [2.75, 3.05) is 0 Å². The molecule has 1 heterocycles. The lowest BCUT2D eigenvalue weighted by Crippen LogP contribution is -2.14. The molecule has 2 rings (SSSR count). The number of amidine groups is 1. The quantitative estimate of drug-likeness (QED) is 0.379. The zero-order chi connectivity index (χ0) is 13.8. The van der Waals surface area contributed by atoms with E-state index in [1.165, 1.54) is 11.8 Å². The second-order valence-corrected chi connectivity index (χ2v) is 5.96. The van der Waals surface area contributed by atoms with Gasteiger partial charge in [-0.2, -0.15) is 0 Å². The van der Waals surface area contributed by atoms with Gasteiger partial charge in [0.1, 0.15) is 5.03 Å². The molecule has 0 aliphatic carbocycles. The van der Waals surface area contributed by atoms with Gasteiger partial charge in [-0.15, -0.1) is 0 Å². The number of halogens is 2. The largest absolute Gasteiger partial charge is 0.409 e. The van der Waals surface area contributed by atoms with Crippen molar-refractivity contribution in [2.24, 2.45) is 10.9 Å². The van der Waals surface area contributed by atoms with Gasteiger partial charge < -0.3 is 10.9 Å². The lowest BCUT2D eigenvalue weighted by molar-refractivity contribution is 0.318. The van der Waals surface area contributed by atoms with Gasteiger partial charge in [0.25, 0.3) is 0 Å². The Morgan fingerprint density at radius 2 is 2.16 bits per heavy atom. The van der Waals surface area contributed by atoms with Gasteiger partial charge in [0.2, 0.25) is 0 Å². The fourth-order valence-electron chi connectivity index (χ4n) is 1.38. The number of pyridine rings is 1. The zero-order valence-electron chi connectivity index (χ0n) is 9.55. The third-order valence-corrected chi connectivity index (χ3v) is 3.98. The average molecular weight is 359 g/mol. The van der Waals surface area contributed by atoms with Gasteiger partial charge in [-0.3, -0.25) is 0 Å². The van der Waals surface area contributed by atoms with Crippen LogP contribution in [0.15, 0.2) is 56.1 Å². The number of aromatic nitrogens is 1. The normalized spacial score (nSPS) is 11.6. The van der Waals surface area contributed by atoms with Crippen molar-refractivity contribution in [1.29, 1.82) is 0 Å². The number of hydrogen-bond donors (Lipinski definition) is 2. The third kappa shape index (κ3) is 3.62. The van der Waals surface area contributed by atoms with Crippen LogP contribution in [0.2, 0.25) is 5.02 Å². The average Bonchev–Trinajstić information content (AvgIpc) is 2.42. The Hall–Kier alpha value is -1.24. The molecule has 0 aliphatic rings. The molecule has 19 heavy (non-hydrogen) atoms. The molecular weight excluding hydrogens is 350 g/mol. The van der Waals surface area contributed by atoms with E-state index in [0.29, 0.717) is 10.6 Å². The highest BCUT2D eigenvalue weighted by atomic mass is 79.9. The maximum absolute atomic E-state index is 8.81. The highest BCUT2D eigenvalue weighted by Gasteiger charge is 2.10. The fraction of sp³-hybridized carbons (Fsp3) is 0. The van der Waals surface area contributed by atoms with Gasteiger partial charge in [0.15, 0.2) is 5.84 Å². The first-order chi connectivity index (χ1) is 9.10. The Kier molecular flexibility index (Phi) is 4.68. The molecule has 2 aromatic rings. The summed E-state index contributed by atoms with van der Waals surface area (Å²) in [6.07, 6.45) is 1.58. The predicted octanol–water partition coefficient (Wildman–Crippen LogP) is 3.74. The monoisotopic (exact) mass is 357 g/mol. The maximum Gasteiger partial charge on any atom is 0.171 e. The van der Waals surface area contributed by atoms with Crippen molar-refractivity contribution in [3.8, 4) is 0 Å². The van der Waals surface area contributed by atoms with Crippen LogP contribution in [0.4, 0.5) is 0 Å². The molecule has 0 amide bonds. The highest BCUT2D eigenvalue weighted by molar-refractivity contribution is 9.10. The fourth-order valence-corrected chi connectivity index (χ4v) is 2.73. The van der Waals surface area contributed by atoms with Gasteiger partial charge in [0.05, 0.1) is 5.02 Å². The van der Waals surface area contributed by atoms with Crippen LogP contribution < -0.4 is 5.73 Å². The van der Waals surface area contributed by atoms with Gasteiger partial charge in [-0.1, -0.05) is 44.4 Å². The van der Waals surface area contributed by atoms with E-state index in [4.69, 9.17) is 22.5 Å². The second kappa shape index (κ2) is 6.27. The highest BCUT2D eigenvalue weighted by Crippen LogP contribution is 2.31. The summed E-state index contributed by atoms with van der Waals surface area (Å²) in [7, 11) is 0. The van der Waals surface area contributed by atoms with Crippen LogP contribution in [0, 0.1) is 0 Å². The van der Waals surface area contributed by atoms with Gasteiger partial charge in [-0.05, 0) is 30.3 Å². The summed E-state index contributed by atoms with van der Waals surface area (Å²) in [5, 5.41) is 13.2. The summed E-state index contributed by atoms with van der Waals surface area (Å²) in [6, 6.07) is 9.11. The number of oxime groups is 1. The van der Waals surface area contributed by atoms with Crippen LogP contribution >= 0.6 is 39.3 Å². The topological polar surface area (TPSA) is 71.5 Å². The third-order valence-electron chi connectivity index (χ3n) is 2.24. The van der Waals surface area contributed by atoms with Gasteiger partial charge in [0, 0.05) is 21.1 Å². The van der Waals surface area contributed by atoms with Crippen LogP contribution in [0.3, 0.4) is 0 Å². The SMILES string of the molecule is N/C(=N/O)c1cc(Br)ccc1Sc1ccc(Cl)cn1. The first-order valence-electron chi connectivity index (χ1n) is 5.17. The lowest BCUT2D eigenvalue weighted by Gasteiger charge is -2.08. The molecule has 98 valence electrons. The Bertz CT molecular complexity index is 619. The summed E-state index contributed by atoms with van der Waals surface area (Å²) >= 11 is 10.6. The van der Waals surface area contributed by atoms with E-state index in [0.717, 1.165) is 14.4 Å². The number of benzene rings is 1. The predicted molar refractivity (Wildman–Crippen MR) is 80.0 cm³/mol. The van der Waals surface area contributed by atoms with Crippen molar-refractivity contribution in [2.45, 2.75) is 9.92 Å². The molecule has 0 atom stereocenters. The van der Waals surface area contributed by atoms with E-state index >= 15 is 0 Å². The molecule has 1 aromatic heterocycles. The molecule has 3 N–H and O–H groups in total. The Morgan fingerprint density at radius 1 is 1.37 bits per heavy atom. The Morgan fingerprint density at radius 3 is 2.79 bits per heavy atom. The van der Waals surface area contributed by atoms with Crippen LogP contribution in [-0.4, -0.2) is 16.0 Å². The molecule has 7 heteroatoms. The van der Waals surface area contributed by atoms with Crippen molar-refractivity contribution in [3.05, 3.63) is 51.6 Å². The van der Waals surface area contributed by atoms with Crippen LogP contribution in [-0.2, 0) is 0 Å². The number of rotatable bonds is 3. The minimum atomic E-state index is 0.0535. The Balaban J connectivity index is 2.37. The second-order valence-electron chi connectivity index (χ2n) is 3.54. The minimum absolute atomic E-state index is 0.0535. The van der Waals surface area contributed by atoms with Crippen LogP contribution in [0.25, 0.3) is 0 Å². The lowest BCUT2D eigenvalue weighted by atomic mass is 10.2. The van der Waals surface area contributed by atoms with E-state index in [-0.39, 0.29) is 5.84 Å². The summed E-state index contributed by atoms with van der Waals surface area (Å²) in [4.78, 5) is 5.04. The molecular formula is C12H9BrClN3OS. The summed E-state index contributed by atoms with van der Waals surface area (Å²) in [5.41, 5.74) is 6.30. The van der Waals surface area contributed by atoms with E-state index in [2.05, 4.69) is 26.1 Å². The van der Waals surface area contributed by atoms with Crippen LogP contribution in [0.1, 0.15) is 5.56 Å². The van der Waals surface area contributed by atoms with Crippen molar-refractivity contribution in [3.63, 3.8) is 0 Å². The van der Waals surface area contributed by atoms with Gasteiger partial charge in [-0.25, -0.2) is 4.98 Å². The van der Waals surface area contributed by atoms with E-state index < -0.39 is 0 Å². The van der Waals surface area contributed by atoms with Crippen molar-refractivity contribution < 1.29 is 5.21 Å². The Labute approximate surface area is 127 Å². The minimum Gasteiger partial charge on any atom is -0.409 e. The molecule has 0 radical (unpaired) electrons.